The van der Waals surface area contributed by atoms with Crippen molar-refractivity contribution in [2.24, 2.45) is 0 Å². The molecule has 1 heterocycles. The van der Waals surface area contributed by atoms with E-state index in [9.17, 15) is 0 Å². The topological polar surface area (TPSA) is 106 Å². The summed E-state index contributed by atoms with van der Waals surface area (Å²) in [4.78, 5) is 15.0. The number of hydrogen-bond acceptors (Lipinski definition) is 3. The molecule has 0 saturated heterocycles. The Bertz CT molecular complexity index is 192. The molecule has 11 heavy (non-hydrogen) atoms. The molecule has 0 spiro atoms. The standard InChI is InChI=1S/C4H6N2O.CH2O3/c7-2-4-1-5-3-6-4;2-1(3)4/h1,3,7H,2H2,(H,5,6);(H2,2,3,4). The molecule has 62 valence electrons. The average Bonchev–Trinajstić information content (AvgIpc) is 2.36. The summed E-state index contributed by atoms with van der Waals surface area (Å²) < 4.78 is 0. The normalized spacial score (nSPS) is 8.09. The zero-order chi connectivity index (χ0) is 8.69. The van der Waals surface area contributed by atoms with E-state index in [0.29, 0.717) is 0 Å². The highest BCUT2D eigenvalue weighted by Gasteiger charge is 1.83. The summed E-state index contributed by atoms with van der Waals surface area (Å²) >= 11 is 0. The van der Waals surface area contributed by atoms with Gasteiger partial charge in [0.1, 0.15) is 0 Å². The van der Waals surface area contributed by atoms with E-state index < -0.39 is 6.16 Å². The minimum Gasteiger partial charge on any atom is -0.450 e. The molecule has 0 saturated carbocycles. The summed E-state index contributed by atoms with van der Waals surface area (Å²) in [6.07, 6.45) is 1.28. The second-order valence-electron chi connectivity index (χ2n) is 1.52. The molecule has 0 aliphatic carbocycles. The summed E-state index contributed by atoms with van der Waals surface area (Å²) in [6, 6.07) is 0. The van der Waals surface area contributed by atoms with Crippen molar-refractivity contribution in [2.75, 3.05) is 0 Å². The van der Waals surface area contributed by atoms with Crippen LogP contribution in [0.25, 0.3) is 0 Å². The van der Waals surface area contributed by atoms with Crippen LogP contribution in [0.15, 0.2) is 12.5 Å². The van der Waals surface area contributed by atoms with Gasteiger partial charge in [0.15, 0.2) is 0 Å². The lowest BCUT2D eigenvalue weighted by molar-refractivity contribution is 0.137. The fraction of sp³-hybridized carbons (Fsp3) is 0.200. The Hall–Kier alpha value is -1.56. The van der Waals surface area contributed by atoms with Crippen LogP contribution in [0.2, 0.25) is 0 Å². The zero-order valence-corrected chi connectivity index (χ0v) is 5.56. The summed E-state index contributed by atoms with van der Waals surface area (Å²) in [7, 11) is 0. The Kier molecular flexibility index (Phi) is 4.50. The molecule has 6 nitrogen and oxygen atoms in total. The third kappa shape index (κ3) is 6.32. The lowest BCUT2D eigenvalue weighted by Crippen LogP contribution is -1.81. The van der Waals surface area contributed by atoms with E-state index in [1.807, 2.05) is 0 Å². The summed E-state index contributed by atoms with van der Waals surface area (Å²) in [5.41, 5.74) is 0.750. The van der Waals surface area contributed by atoms with Crippen LogP contribution in [0.3, 0.4) is 0 Å². The maximum atomic E-state index is 8.56. The smallest absolute Gasteiger partial charge is 0.450 e. The highest BCUT2D eigenvalue weighted by Crippen LogP contribution is 1.86. The number of carboxylic acid groups (broad SMARTS) is 2. The monoisotopic (exact) mass is 160 g/mol. The van der Waals surface area contributed by atoms with Crippen molar-refractivity contribution < 1.29 is 20.1 Å². The van der Waals surface area contributed by atoms with Crippen molar-refractivity contribution in [2.45, 2.75) is 6.61 Å². The van der Waals surface area contributed by atoms with E-state index in [1.54, 1.807) is 6.20 Å². The Labute approximate surface area is 62.1 Å². The molecule has 0 aromatic carbocycles. The van der Waals surface area contributed by atoms with Crippen molar-refractivity contribution >= 4 is 6.16 Å². The summed E-state index contributed by atoms with van der Waals surface area (Å²) in [5.74, 6) is 0. The fourth-order valence-electron chi connectivity index (χ4n) is 0.371. The number of aromatic nitrogens is 2. The quantitative estimate of drug-likeness (QED) is 0.467. The molecule has 0 amide bonds. The Morgan fingerprint density at radius 1 is 1.64 bits per heavy atom. The van der Waals surface area contributed by atoms with Gasteiger partial charge in [-0.2, -0.15) is 0 Å². The lowest BCUT2D eigenvalue weighted by atomic mass is 10.5. The molecule has 0 aliphatic rings. The van der Waals surface area contributed by atoms with Crippen molar-refractivity contribution in [1.29, 1.82) is 0 Å². The van der Waals surface area contributed by atoms with Crippen molar-refractivity contribution in [1.82, 2.24) is 9.97 Å². The largest absolute Gasteiger partial charge is 0.503 e. The fourth-order valence-corrected chi connectivity index (χ4v) is 0.371. The average molecular weight is 160 g/mol. The number of aliphatic hydroxyl groups is 1. The van der Waals surface area contributed by atoms with Gasteiger partial charge in [0, 0.05) is 0 Å². The number of hydrogen-bond donors (Lipinski definition) is 4. The van der Waals surface area contributed by atoms with Crippen LogP contribution in [0.4, 0.5) is 4.79 Å². The number of carbonyl (C=O) groups is 1. The predicted octanol–water partition coefficient (Wildman–Crippen LogP) is 0.124. The molecule has 1 rings (SSSR count). The third-order valence-electron chi connectivity index (χ3n) is 0.725. The van der Waals surface area contributed by atoms with E-state index in [-0.39, 0.29) is 6.61 Å². The van der Waals surface area contributed by atoms with Gasteiger partial charge in [-0.3, -0.25) is 0 Å². The molecule has 1 aromatic rings. The number of aromatic amines is 1. The predicted molar refractivity (Wildman–Crippen MR) is 35.2 cm³/mol. The Morgan fingerprint density at radius 3 is 2.36 bits per heavy atom. The highest BCUT2D eigenvalue weighted by atomic mass is 16.6. The van der Waals surface area contributed by atoms with Gasteiger partial charge in [-0.15, -0.1) is 0 Å². The molecule has 0 radical (unpaired) electrons. The number of aliphatic hydroxyl groups excluding tert-OH is 1. The zero-order valence-electron chi connectivity index (χ0n) is 5.56. The SMILES string of the molecule is O=C(O)O.OCc1cnc[nH]1. The number of nitrogens with zero attached hydrogens (tertiary/aromatic N) is 1. The molecule has 0 bridgehead atoms. The molecule has 0 aliphatic heterocycles. The molecule has 0 atom stereocenters. The number of rotatable bonds is 1. The van der Waals surface area contributed by atoms with E-state index >= 15 is 0 Å². The first-order valence-electron chi connectivity index (χ1n) is 2.66. The van der Waals surface area contributed by atoms with E-state index in [4.69, 9.17) is 20.1 Å². The van der Waals surface area contributed by atoms with Gasteiger partial charge in [-0.1, -0.05) is 0 Å². The molecule has 4 N–H and O–H groups in total. The second-order valence-corrected chi connectivity index (χ2v) is 1.52. The van der Waals surface area contributed by atoms with E-state index in [2.05, 4.69) is 9.97 Å². The van der Waals surface area contributed by atoms with E-state index in [0.717, 1.165) is 5.69 Å². The van der Waals surface area contributed by atoms with Gasteiger partial charge < -0.3 is 20.3 Å². The van der Waals surface area contributed by atoms with Gasteiger partial charge in [0.25, 0.3) is 0 Å². The minimum absolute atomic E-state index is 0.0417. The van der Waals surface area contributed by atoms with Crippen LogP contribution in [-0.4, -0.2) is 31.4 Å². The van der Waals surface area contributed by atoms with Crippen molar-refractivity contribution in [3.8, 4) is 0 Å². The van der Waals surface area contributed by atoms with Crippen LogP contribution in [-0.2, 0) is 6.61 Å². The third-order valence-corrected chi connectivity index (χ3v) is 0.725. The molecular formula is C5H8N2O4. The van der Waals surface area contributed by atoms with Crippen LogP contribution in [0.5, 0.6) is 0 Å². The van der Waals surface area contributed by atoms with Gasteiger partial charge in [-0.05, 0) is 0 Å². The summed E-state index contributed by atoms with van der Waals surface area (Å²) in [5, 5.41) is 22.3. The molecule has 1 aromatic heterocycles. The molecular weight excluding hydrogens is 152 g/mol. The Morgan fingerprint density at radius 2 is 2.18 bits per heavy atom. The highest BCUT2D eigenvalue weighted by molar-refractivity contribution is 5.53. The van der Waals surface area contributed by atoms with Crippen LogP contribution in [0.1, 0.15) is 5.69 Å². The van der Waals surface area contributed by atoms with E-state index in [1.165, 1.54) is 6.33 Å². The number of H-pyrrole nitrogens is 1. The van der Waals surface area contributed by atoms with Gasteiger partial charge in [0.2, 0.25) is 0 Å². The Balaban J connectivity index is 0.000000218. The maximum absolute atomic E-state index is 8.56. The maximum Gasteiger partial charge on any atom is 0.503 e. The van der Waals surface area contributed by atoms with Crippen LogP contribution < -0.4 is 0 Å². The second kappa shape index (κ2) is 5.24. The van der Waals surface area contributed by atoms with Gasteiger partial charge in [0.05, 0.1) is 24.8 Å². The lowest BCUT2D eigenvalue weighted by Gasteiger charge is -1.79. The van der Waals surface area contributed by atoms with Gasteiger partial charge in [-0.25, -0.2) is 9.78 Å². The van der Waals surface area contributed by atoms with Gasteiger partial charge >= 0.3 is 6.16 Å². The first-order chi connectivity index (χ1) is 5.16. The minimum atomic E-state index is -1.83. The molecule has 0 fully saturated rings. The first kappa shape index (κ1) is 9.44. The van der Waals surface area contributed by atoms with Crippen molar-refractivity contribution in [3.63, 3.8) is 0 Å². The van der Waals surface area contributed by atoms with Crippen molar-refractivity contribution in [3.05, 3.63) is 18.2 Å². The van der Waals surface area contributed by atoms with Crippen LogP contribution >= 0.6 is 0 Å². The molecule has 0 unspecified atom stereocenters. The first-order valence-corrected chi connectivity index (χ1v) is 2.66. The summed E-state index contributed by atoms with van der Waals surface area (Å²) in [6.45, 7) is 0.0417. The number of imidazole rings is 1. The number of nitrogens with one attached hydrogen (secondary N) is 1. The van der Waals surface area contributed by atoms with Crippen LogP contribution in [0, 0.1) is 0 Å². The molecule has 6 heteroatoms.